The molecule has 1 aliphatic rings. The Morgan fingerprint density at radius 3 is 2.50 bits per heavy atom. The molecule has 0 spiro atoms. The minimum Gasteiger partial charge on any atom is -0.494 e. The lowest BCUT2D eigenvalue weighted by Crippen LogP contribution is -2.38. The number of hydrogen-bond acceptors (Lipinski definition) is 3. The van der Waals surface area contributed by atoms with Crippen LogP contribution in [0.25, 0.3) is 0 Å². The van der Waals surface area contributed by atoms with E-state index in [4.69, 9.17) is 9.47 Å². The Balaban J connectivity index is 2.14. The number of hydrogen-bond donors (Lipinski definition) is 1. The molecule has 1 atom stereocenters. The SMILES string of the molecule is CCOc1ccc(NC2CC(C)(C)OC2(C)C)c(C)c1. The van der Waals surface area contributed by atoms with E-state index in [-0.39, 0.29) is 11.2 Å². The van der Waals surface area contributed by atoms with Crippen molar-refractivity contribution in [1.82, 2.24) is 0 Å². The molecule has 112 valence electrons. The minimum atomic E-state index is -0.158. The molecule has 1 heterocycles. The molecule has 3 heteroatoms. The molecule has 1 unspecified atom stereocenters. The Morgan fingerprint density at radius 2 is 2.00 bits per heavy atom. The number of benzene rings is 1. The highest BCUT2D eigenvalue weighted by atomic mass is 16.5. The molecule has 0 saturated carbocycles. The topological polar surface area (TPSA) is 30.5 Å². The predicted molar refractivity (Wildman–Crippen MR) is 83.6 cm³/mol. The summed E-state index contributed by atoms with van der Waals surface area (Å²) in [5.74, 6) is 0.929. The second-order valence-electron chi connectivity index (χ2n) is 6.78. The van der Waals surface area contributed by atoms with E-state index in [1.165, 1.54) is 5.56 Å². The summed E-state index contributed by atoms with van der Waals surface area (Å²) in [7, 11) is 0. The fraction of sp³-hybridized carbons (Fsp3) is 0.647. The van der Waals surface area contributed by atoms with Crippen LogP contribution in [0.4, 0.5) is 5.69 Å². The number of anilines is 1. The van der Waals surface area contributed by atoms with Gasteiger partial charge in [0.2, 0.25) is 0 Å². The minimum absolute atomic E-state index is 0.0691. The van der Waals surface area contributed by atoms with E-state index < -0.39 is 0 Å². The van der Waals surface area contributed by atoms with Crippen molar-refractivity contribution in [3.05, 3.63) is 23.8 Å². The standard InChI is InChI=1S/C17H27NO2/c1-7-19-13-8-9-14(12(2)10-13)18-15-11-16(3,4)20-17(15,5)6/h8-10,15,18H,7,11H2,1-6H3. The zero-order valence-electron chi connectivity index (χ0n) is 13.5. The zero-order valence-corrected chi connectivity index (χ0v) is 13.5. The third-order valence-corrected chi connectivity index (χ3v) is 3.91. The van der Waals surface area contributed by atoms with Gasteiger partial charge >= 0.3 is 0 Å². The summed E-state index contributed by atoms with van der Waals surface area (Å²) < 4.78 is 11.7. The van der Waals surface area contributed by atoms with Crippen molar-refractivity contribution in [2.45, 2.75) is 65.2 Å². The Labute approximate surface area is 122 Å². The van der Waals surface area contributed by atoms with Gasteiger partial charge in [-0.3, -0.25) is 0 Å². The Bertz CT molecular complexity index is 480. The first-order chi connectivity index (χ1) is 9.23. The van der Waals surface area contributed by atoms with Crippen molar-refractivity contribution in [2.75, 3.05) is 11.9 Å². The highest BCUT2D eigenvalue weighted by Gasteiger charge is 2.45. The fourth-order valence-electron chi connectivity index (χ4n) is 3.03. The van der Waals surface area contributed by atoms with E-state index in [1.54, 1.807) is 0 Å². The molecule has 3 nitrogen and oxygen atoms in total. The molecule has 0 amide bonds. The van der Waals surface area contributed by atoms with Crippen molar-refractivity contribution in [2.24, 2.45) is 0 Å². The molecule has 1 aromatic rings. The molecular formula is C17H27NO2. The van der Waals surface area contributed by atoms with Gasteiger partial charge in [-0.15, -0.1) is 0 Å². The smallest absolute Gasteiger partial charge is 0.119 e. The third kappa shape index (κ3) is 3.26. The molecule has 1 fully saturated rings. The Kier molecular flexibility index (Phi) is 4.01. The maximum absolute atomic E-state index is 6.14. The number of aryl methyl sites for hydroxylation is 1. The van der Waals surface area contributed by atoms with E-state index in [2.05, 4.69) is 52.1 Å². The Morgan fingerprint density at radius 1 is 1.30 bits per heavy atom. The lowest BCUT2D eigenvalue weighted by Gasteiger charge is -2.29. The van der Waals surface area contributed by atoms with Crippen LogP contribution in [-0.2, 0) is 4.74 Å². The molecule has 0 bridgehead atoms. The molecule has 0 aliphatic carbocycles. The van der Waals surface area contributed by atoms with Crippen molar-refractivity contribution in [3.8, 4) is 5.75 Å². The van der Waals surface area contributed by atoms with Gasteiger partial charge in [0.1, 0.15) is 5.75 Å². The summed E-state index contributed by atoms with van der Waals surface area (Å²) in [4.78, 5) is 0. The van der Waals surface area contributed by atoms with Gasteiger partial charge in [0.25, 0.3) is 0 Å². The van der Waals surface area contributed by atoms with Gasteiger partial charge in [0.15, 0.2) is 0 Å². The van der Waals surface area contributed by atoms with Crippen LogP contribution >= 0.6 is 0 Å². The average Bonchev–Trinajstić information content (AvgIpc) is 2.51. The second-order valence-corrected chi connectivity index (χ2v) is 6.78. The quantitative estimate of drug-likeness (QED) is 0.896. The lowest BCUT2D eigenvalue weighted by molar-refractivity contribution is -0.0662. The first-order valence-electron chi connectivity index (χ1n) is 7.44. The maximum Gasteiger partial charge on any atom is 0.119 e. The van der Waals surface area contributed by atoms with E-state index in [9.17, 15) is 0 Å². The number of ether oxygens (including phenoxy) is 2. The zero-order chi connectivity index (χ0) is 15.0. The van der Waals surface area contributed by atoms with Crippen LogP contribution in [0, 0.1) is 6.92 Å². The highest BCUT2D eigenvalue weighted by Crippen LogP contribution is 2.39. The summed E-state index contributed by atoms with van der Waals surface area (Å²) in [5.41, 5.74) is 2.14. The van der Waals surface area contributed by atoms with E-state index in [0.717, 1.165) is 17.9 Å². The summed E-state index contributed by atoms with van der Waals surface area (Å²) in [6, 6.07) is 6.52. The van der Waals surface area contributed by atoms with Gasteiger partial charge in [0.05, 0.1) is 23.9 Å². The van der Waals surface area contributed by atoms with Crippen molar-refractivity contribution < 1.29 is 9.47 Å². The molecule has 1 N–H and O–H groups in total. The maximum atomic E-state index is 6.14. The molecule has 2 rings (SSSR count). The normalized spacial score (nSPS) is 23.6. The highest BCUT2D eigenvalue weighted by molar-refractivity contribution is 5.54. The van der Waals surface area contributed by atoms with E-state index in [0.29, 0.717) is 12.6 Å². The van der Waals surface area contributed by atoms with Gasteiger partial charge in [-0.1, -0.05) is 0 Å². The molecule has 1 saturated heterocycles. The second kappa shape index (κ2) is 5.28. The molecule has 1 aromatic carbocycles. The number of nitrogens with one attached hydrogen (secondary N) is 1. The predicted octanol–water partition coefficient (Wildman–Crippen LogP) is 4.15. The Hall–Kier alpha value is -1.22. The average molecular weight is 277 g/mol. The summed E-state index contributed by atoms with van der Waals surface area (Å²) in [6.07, 6.45) is 1.01. The monoisotopic (exact) mass is 277 g/mol. The summed E-state index contributed by atoms with van der Waals surface area (Å²) >= 11 is 0. The van der Waals surface area contributed by atoms with Crippen LogP contribution in [-0.4, -0.2) is 23.9 Å². The summed E-state index contributed by atoms with van der Waals surface area (Å²) in [6.45, 7) is 13.4. The van der Waals surface area contributed by atoms with Gasteiger partial charge in [-0.2, -0.15) is 0 Å². The molecule has 20 heavy (non-hydrogen) atoms. The van der Waals surface area contributed by atoms with Gasteiger partial charge < -0.3 is 14.8 Å². The van der Waals surface area contributed by atoms with Crippen LogP contribution in [0.1, 0.15) is 46.6 Å². The van der Waals surface area contributed by atoms with Gasteiger partial charge in [0, 0.05) is 5.69 Å². The molecule has 0 aromatic heterocycles. The van der Waals surface area contributed by atoms with Crippen molar-refractivity contribution in [3.63, 3.8) is 0 Å². The first kappa shape index (κ1) is 15.2. The van der Waals surface area contributed by atoms with Crippen LogP contribution in [0.5, 0.6) is 5.75 Å². The van der Waals surface area contributed by atoms with Crippen LogP contribution in [0.3, 0.4) is 0 Å². The van der Waals surface area contributed by atoms with Crippen LogP contribution in [0.15, 0.2) is 18.2 Å². The molecule has 0 radical (unpaired) electrons. The van der Waals surface area contributed by atoms with Crippen molar-refractivity contribution in [1.29, 1.82) is 0 Å². The van der Waals surface area contributed by atoms with Crippen molar-refractivity contribution >= 4 is 5.69 Å². The molecular weight excluding hydrogens is 250 g/mol. The lowest BCUT2D eigenvalue weighted by atomic mass is 9.94. The first-order valence-corrected chi connectivity index (χ1v) is 7.44. The van der Waals surface area contributed by atoms with Gasteiger partial charge in [-0.05, 0) is 71.7 Å². The van der Waals surface area contributed by atoms with E-state index in [1.807, 2.05) is 13.0 Å². The largest absolute Gasteiger partial charge is 0.494 e. The van der Waals surface area contributed by atoms with E-state index >= 15 is 0 Å². The summed E-state index contributed by atoms with van der Waals surface area (Å²) in [5, 5.41) is 3.64. The fourth-order valence-corrected chi connectivity index (χ4v) is 3.03. The number of rotatable bonds is 4. The van der Waals surface area contributed by atoms with Gasteiger partial charge in [-0.25, -0.2) is 0 Å². The van der Waals surface area contributed by atoms with Crippen LogP contribution < -0.4 is 10.1 Å². The van der Waals surface area contributed by atoms with Crippen LogP contribution in [0.2, 0.25) is 0 Å². The third-order valence-electron chi connectivity index (χ3n) is 3.91. The molecule has 1 aliphatic heterocycles.